The zero-order valence-electron chi connectivity index (χ0n) is 15.2. The van der Waals surface area contributed by atoms with Gasteiger partial charge in [-0.15, -0.1) is 0 Å². The lowest BCUT2D eigenvalue weighted by molar-refractivity contribution is -0.122. The summed E-state index contributed by atoms with van der Waals surface area (Å²) in [5.74, 6) is 0.785. The van der Waals surface area contributed by atoms with Gasteiger partial charge in [0.15, 0.2) is 11.5 Å². The molecule has 0 bridgehead atoms. The van der Waals surface area contributed by atoms with Gasteiger partial charge in [-0.25, -0.2) is 8.42 Å². The van der Waals surface area contributed by atoms with E-state index in [0.29, 0.717) is 30.4 Å². The monoisotopic (exact) mass is 382 g/mol. The van der Waals surface area contributed by atoms with Crippen molar-refractivity contribution in [3.8, 4) is 11.5 Å². The van der Waals surface area contributed by atoms with Gasteiger partial charge in [-0.05, 0) is 31.9 Å². The molecule has 1 aromatic rings. The van der Waals surface area contributed by atoms with Gasteiger partial charge in [0.2, 0.25) is 15.9 Å². The van der Waals surface area contributed by atoms with Gasteiger partial charge < -0.3 is 14.8 Å². The van der Waals surface area contributed by atoms with Crippen LogP contribution in [-0.4, -0.2) is 45.9 Å². The summed E-state index contributed by atoms with van der Waals surface area (Å²) < 4.78 is 37.0. The molecule has 1 unspecified atom stereocenters. The molecule has 1 aromatic carbocycles. The second kappa shape index (κ2) is 7.73. The molecular weight excluding hydrogens is 356 g/mol. The van der Waals surface area contributed by atoms with E-state index in [1.54, 1.807) is 25.1 Å². The number of anilines is 1. The van der Waals surface area contributed by atoms with Crippen molar-refractivity contribution in [1.29, 1.82) is 0 Å². The number of ether oxygens (including phenoxy) is 2. The normalized spacial score (nSPS) is 18.8. The molecule has 1 amide bonds. The van der Waals surface area contributed by atoms with Gasteiger partial charge in [0.1, 0.15) is 19.3 Å². The Morgan fingerprint density at radius 2 is 1.81 bits per heavy atom. The summed E-state index contributed by atoms with van der Waals surface area (Å²) in [6.45, 7) is 2.48. The Labute approximate surface area is 154 Å². The largest absolute Gasteiger partial charge is 0.486 e. The molecule has 1 heterocycles. The van der Waals surface area contributed by atoms with Crippen LogP contribution in [0, 0.1) is 0 Å². The maximum Gasteiger partial charge on any atom is 0.243 e. The molecule has 26 heavy (non-hydrogen) atoms. The quantitative estimate of drug-likeness (QED) is 0.843. The average Bonchev–Trinajstić information content (AvgIpc) is 2.61. The highest BCUT2D eigenvalue weighted by Crippen LogP contribution is 2.35. The first-order valence-electron chi connectivity index (χ1n) is 9.05. The summed E-state index contributed by atoms with van der Waals surface area (Å²) in [5, 5.41) is 3.00. The van der Waals surface area contributed by atoms with E-state index < -0.39 is 16.1 Å². The van der Waals surface area contributed by atoms with E-state index in [1.807, 2.05) is 0 Å². The fourth-order valence-corrected chi connectivity index (χ4v) is 4.71. The van der Waals surface area contributed by atoms with E-state index in [0.717, 1.165) is 36.2 Å². The number of hydrogen-bond donors (Lipinski definition) is 1. The first-order valence-corrected chi connectivity index (χ1v) is 10.9. The van der Waals surface area contributed by atoms with Crippen molar-refractivity contribution in [2.45, 2.75) is 51.1 Å². The molecule has 0 radical (unpaired) electrons. The molecule has 7 nitrogen and oxygen atoms in total. The molecule has 0 spiro atoms. The summed E-state index contributed by atoms with van der Waals surface area (Å²) in [6.07, 6.45) is 6.38. The molecule has 1 N–H and O–H groups in total. The highest BCUT2D eigenvalue weighted by atomic mass is 32.2. The summed E-state index contributed by atoms with van der Waals surface area (Å²) >= 11 is 0. The zero-order valence-corrected chi connectivity index (χ0v) is 16.0. The first kappa shape index (κ1) is 18.8. The molecule has 8 heteroatoms. The minimum Gasteiger partial charge on any atom is -0.486 e. The van der Waals surface area contributed by atoms with Crippen molar-refractivity contribution >= 4 is 21.6 Å². The maximum atomic E-state index is 12.7. The molecule has 0 aromatic heterocycles. The van der Waals surface area contributed by atoms with Crippen LogP contribution < -0.4 is 19.1 Å². The molecule has 1 aliphatic carbocycles. The third kappa shape index (κ3) is 4.23. The highest BCUT2D eigenvalue weighted by Gasteiger charge is 2.31. The van der Waals surface area contributed by atoms with Gasteiger partial charge in [-0.2, -0.15) is 0 Å². The van der Waals surface area contributed by atoms with E-state index in [-0.39, 0.29) is 11.9 Å². The molecule has 1 fully saturated rings. The number of nitrogens with zero attached hydrogens (tertiary/aromatic N) is 1. The SMILES string of the molecule is CC(C(=O)NC1CCCCC1)N(c1ccc2c(c1)OCCO2)S(C)(=O)=O. The van der Waals surface area contributed by atoms with Crippen LogP contribution in [0.3, 0.4) is 0 Å². The summed E-state index contributed by atoms with van der Waals surface area (Å²) in [6, 6.07) is 4.20. The highest BCUT2D eigenvalue weighted by molar-refractivity contribution is 7.92. The predicted molar refractivity (Wildman–Crippen MR) is 99.2 cm³/mol. The zero-order chi connectivity index (χ0) is 18.7. The number of fused-ring (bicyclic) bond motifs is 1. The Hall–Kier alpha value is -1.96. The Morgan fingerprint density at radius 3 is 2.46 bits per heavy atom. The molecule has 1 saturated carbocycles. The van der Waals surface area contributed by atoms with Crippen LogP contribution in [-0.2, 0) is 14.8 Å². The van der Waals surface area contributed by atoms with Crippen molar-refractivity contribution < 1.29 is 22.7 Å². The van der Waals surface area contributed by atoms with Gasteiger partial charge in [0.05, 0.1) is 11.9 Å². The van der Waals surface area contributed by atoms with Crippen LogP contribution in [0.2, 0.25) is 0 Å². The van der Waals surface area contributed by atoms with Gasteiger partial charge in [0.25, 0.3) is 0 Å². The third-order valence-electron chi connectivity index (χ3n) is 4.82. The van der Waals surface area contributed by atoms with Crippen LogP contribution in [0.5, 0.6) is 11.5 Å². The molecular formula is C18H26N2O5S. The van der Waals surface area contributed by atoms with E-state index in [2.05, 4.69) is 5.32 Å². The molecule has 2 aliphatic rings. The van der Waals surface area contributed by atoms with Crippen LogP contribution in [0.4, 0.5) is 5.69 Å². The standard InChI is InChI=1S/C18H26N2O5S/c1-13(18(21)19-14-6-4-3-5-7-14)20(26(2,22)23)15-8-9-16-17(12-15)25-11-10-24-16/h8-9,12-14H,3-7,10-11H2,1-2H3,(H,19,21). The lowest BCUT2D eigenvalue weighted by atomic mass is 9.95. The first-order chi connectivity index (χ1) is 12.4. The van der Waals surface area contributed by atoms with Crippen LogP contribution in [0.25, 0.3) is 0 Å². The van der Waals surface area contributed by atoms with Crippen LogP contribution in [0.1, 0.15) is 39.0 Å². The summed E-state index contributed by atoms with van der Waals surface area (Å²) in [4.78, 5) is 12.7. The third-order valence-corrected chi connectivity index (χ3v) is 6.06. The number of benzene rings is 1. The fraction of sp³-hybridized carbons (Fsp3) is 0.611. The molecule has 1 aliphatic heterocycles. The Bertz CT molecular complexity index is 759. The topological polar surface area (TPSA) is 84.9 Å². The predicted octanol–water partition coefficient (Wildman–Crippen LogP) is 2.06. The lowest BCUT2D eigenvalue weighted by Gasteiger charge is -2.31. The fourth-order valence-electron chi connectivity index (χ4n) is 3.55. The molecule has 3 rings (SSSR count). The maximum absolute atomic E-state index is 12.7. The van der Waals surface area contributed by atoms with Crippen molar-refractivity contribution in [1.82, 2.24) is 5.32 Å². The minimum absolute atomic E-state index is 0.125. The molecule has 144 valence electrons. The number of amides is 1. The Morgan fingerprint density at radius 1 is 1.15 bits per heavy atom. The second-order valence-electron chi connectivity index (χ2n) is 6.91. The van der Waals surface area contributed by atoms with Gasteiger partial charge >= 0.3 is 0 Å². The Balaban J connectivity index is 1.82. The van der Waals surface area contributed by atoms with Gasteiger partial charge in [-0.1, -0.05) is 19.3 Å². The van der Waals surface area contributed by atoms with E-state index >= 15 is 0 Å². The van der Waals surface area contributed by atoms with Crippen molar-refractivity contribution in [2.75, 3.05) is 23.8 Å². The number of hydrogen-bond acceptors (Lipinski definition) is 5. The number of sulfonamides is 1. The second-order valence-corrected chi connectivity index (χ2v) is 8.77. The van der Waals surface area contributed by atoms with Crippen LogP contribution >= 0.6 is 0 Å². The molecule has 1 atom stereocenters. The minimum atomic E-state index is -3.65. The van der Waals surface area contributed by atoms with E-state index in [4.69, 9.17) is 9.47 Å². The summed E-state index contributed by atoms with van der Waals surface area (Å²) in [5.41, 5.74) is 0.392. The average molecular weight is 382 g/mol. The Kier molecular flexibility index (Phi) is 5.60. The van der Waals surface area contributed by atoms with Gasteiger partial charge in [-0.3, -0.25) is 9.10 Å². The van der Waals surface area contributed by atoms with Crippen molar-refractivity contribution in [3.63, 3.8) is 0 Å². The number of carbonyl (C=O) groups is 1. The van der Waals surface area contributed by atoms with E-state index in [1.165, 1.54) is 6.42 Å². The van der Waals surface area contributed by atoms with Crippen LogP contribution in [0.15, 0.2) is 18.2 Å². The number of rotatable bonds is 5. The smallest absolute Gasteiger partial charge is 0.243 e. The summed E-state index contributed by atoms with van der Waals surface area (Å²) in [7, 11) is -3.65. The molecule has 0 saturated heterocycles. The van der Waals surface area contributed by atoms with Crippen molar-refractivity contribution in [2.24, 2.45) is 0 Å². The number of nitrogens with one attached hydrogen (secondary N) is 1. The number of carbonyl (C=O) groups excluding carboxylic acids is 1. The van der Waals surface area contributed by atoms with Gasteiger partial charge in [0, 0.05) is 12.1 Å². The van der Waals surface area contributed by atoms with Crippen molar-refractivity contribution in [3.05, 3.63) is 18.2 Å². The van der Waals surface area contributed by atoms with E-state index in [9.17, 15) is 13.2 Å². The lowest BCUT2D eigenvalue weighted by Crippen LogP contribution is -2.50.